The van der Waals surface area contributed by atoms with Gasteiger partial charge in [-0.15, -0.1) is 0 Å². The van der Waals surface area contributed by atoms with E-state index in [4.69, 9.17) is 5.11 Å². The Hall–Kier alpha value is -3.64. The van der Waals surface area contributed by atoms with Crippen molar-refractivity contribution in [3.63, 3.8) is 0 Å². The van der Waals surface area contributed by atoms with Crippen LogP contribution < -0.4 is 0 Å². The Balaban J connectivity index is 0.000000256. The second-order valence-corrected chi connectivity index (χ2v) is 5.41. The van der Waals surface area contributed by atoms with Crippen LogP contribution in [-0.4, -0.2) is 41.9 Å². The second-order valence-electron chi connectivity index (χ2n) is 5.41. The van der Waals surface area contributed by atoms with Gasteiger partial charge in [-0.3, -0.25) is 0 Å². The van der Waals surface area contributed by atoms with Crippen molar-refractivity contribution in [2.75, 3.05) is 20.3 Å². The number of hydrogen-bond donors (Lipinski definition) is 1. The molecule has 0 bridgehead atoms. The van der Waals surface area contributed by atoms with Crippen molar-refractivity contribution < 1.29 is 24.2 Å². The van der Waals surface area contributed by atoms with E-state index < -0.39 is 11.9 Å². The van der Waals surface area contributed by atoms with Gasteiger partial charge in [-0.2, -0.15) is 0 Å². The average molecular weight is 395 g/mol. The third kappa shape index (κ3) is 6.79. The number of aliphatic hydroxyl groups is 1. The van der Waals surface area contributed by atoms with Crippen LogP contribution in [0.2, 0.25) is 0 Å². The Morgan fingerprint density at radius 2 is 1.41 bits per heavy atom. The van der Waals surface area contributed by atoms with Gasteiger partial charge < -0.3 is 19.1 Å². The summed E-state index contributed by atoms with van der Waals surface area (Å²) in [5.74, 6) is -0.894. The van der Waals surface area contributed by atoms with Crippen molar-refractivity contribution >= 4 is 39.9 Å². The van der Waals surface area contributed by atoms with Crippen molar-refractivity contribution in [1.82, 2.24) is 4.57 Å². The number of hydrogen-bond acceptors (Lipinski definition) is 5. The monoisotopic (exact) mass is 395 g/mol. The quantitative estimate of drug-likeness (QED) is 0.523. The van der Waals surface area contributed by atoms with Crippen LogP contribution in [0.1, 0.15) is 0 Å². The van der Waals surface area contributed by atoms with Gasteiger partial charge in [0.2, 0.25) is 0 Å². The lowest BCUT2D eigenvalue weighted by molar-refractivity contribution is -0.138. The Morgan fingerprint density at radius 3 is 1.76 bits per heavy atom. The molecule has 0 saturated heterocycles. The molecular weight excluding hydrogens is 370 g/mol. The van der Waals surface area contributed by atoms with Crippen LogP contribution in [0.3, 0.4) is 0 Å². The van der Waals surface area contributed by atoms with Crippen molar-refractivity contribution in [3.8, 4) is 0 Å². The molecule has 29 heavy (non-hydrogen) atoms. The van der Waals surface area contributed by atoms with Crippen LogP contribution in [0.4, 0.5) is 0 Å². The highest BCUT2D eigenvalue weighted by Gasteiger charge is 2.06. The first-order valence-corrected chi connectivity index (χ1v) is 8.74. The fraction of sp³-hybridized carbons (Fsp3) is 0.130. The summed E-state index contributed by atoms with van der Waals surface area (Å²) in [7, 11) is 1.31. The van der Waals surface area contributed by atoms with E-state index in [9.17, 15) is 9.59 Å². The predicted octanol–water partition coefficient (Wildman–Crippen LogP) is 3.95. The number of carbonyl (C=O) groups excluding carboxylic acids is 2. The topological polar surface area (TPSA) is 77.8 Å². The Labute approximate surface area is 170 Å². The van der Waals surface area contributed by atoms with Gasteiger partial charge in [0.15, 0.2) is 0 Å². The van der Waals surface area contributed by atoms with Crippen molar-refractivity contribution in [3.05, 3.63) is 80.4 Å². The SMILES string of the molecule is C=CC(=O)OC.C=CC(=O)OCCO.C=Cn1c2ccccc2c2ccccc21. The maximum absolute atomic E-state index is 10.1. The molecule has 0 radical (unpaired) electrons. The standard InChI is InChI=1S/C14H11N.C5H8O3.C4H6O2/c1-2-15-13-9-5-3-7-11(13)12-8-4-6-10-14(12)15;1-2-5(7)8-4-3-6;1-3-4(5)6-2/h2-10H,1H2;2,6H,1,3-4H2;3H,1H2,2H3. The first-order chi connectivity index (χ1) is 14.0. The molecule has 3 rings (SSSR count). The van der Waals surface area contributed by atoms with E-state index in [-0.39, 0.29) is 13.2 Å². The van der Waals surface area contributed by atoms with Crippen molar-refractivity contribution in [2.45, 2.75) is 0 Å². The van der Waals surface area contributed by atoms with Crippen LogP contribution in [0.25, 0.3) is 28.0 Å². The molecule has 1 N–H and O–H groups in total. The predicted molar refractivity (Wildman–Crippen MR) is 116 cm³/mol. The first kappa shape index (κ1) is 23.4. The molecule has 0 aliphatic rings. The van der Waals surface area contributed by atoms with Crippen LogP contribution in [0.5, 0.6) is 0 Å². The lowest BCUT2D eigenvalue weighted by Crippen LogP contribution is -2.04. The van der Waals surface area contributed by atoms with Gasteiger partial charge in [-0.05, 0) is 12.1 Å². The van der Waals surface area contributed by atoms with E-state index in [1.807, 2.05) is 6.20 Å². The summed E-state index contributed by atoms with van der Waals surface area (Å²) in [6, 6.07) is 16.8. The van der Waals surface area contributed by atoms with Crippen LogP contribution in [-0.2, 0) is 19.1 Å². The number of benzene rings is 2. The fourth-order valence-electron chi connectivity index (χ4n) is 2.44. The molecule has 6 heteroatoms. The summed E-state index contributed by atoms with van der Waals surface area (Å²) in [6.07, 6.45) is 4.03. The number of aromatic nitrogens is 1. The van der Waals surface area contributed by atoms with E-state index in [1.54, 1.807) is 0 Å². The number of esters is 2. The van der Waals surface area contributed by atoms with Crippen LogP contribution in [0, 0.1) is 0 Å². The van der Waals surface area contributed by atoms with E-state index in [2.05, 4.69) is 82.3 Å². The molecular formula is C23H25NO5. The molecule has 1 aromatic heterocycles. The number of carbonyl (C=O) groups is 2. The van der Waals surface area contributed by atoms with Gasteiger partial charge in [0.05, 0.1) is 24.8 Å². The molecule has 0 fully saturated rings. The van der Waals surface area contributed by atoms with E-state index in [0.29, 0.717) is 0 Å². The molecule has 0 amide bonds. The third-order valence-corrected chi connectivity index (χ3v) is 3.67. The molecule has 0 atom stereocenters. The molecule has 0 spiro atoms. The number of methoxy groups -OCH3 is 1. The zero-order chi connectivity index (χ0) is 21.6. The van der Waals surface area contributed by atoms with Gasteiger partial charge in [-0.25, -0.2) is 9.59 Å². The third-order valence-electron chi connectivity index (χ3n) is 3.67. The average Bonchev–Trinajstić information content (AvgIpc) is 3.11. The maximum atomic E-state index is 10.1. The Bertz CT molecular complexity index is 934. The minimum Gasteiger partial charge on any atom is -0.466 e. The van der Waals surface area contributed by atoms with Crippen molar-refractivity contribution in [1.29, 1.82) is 0 Å². The summed E-state index contributed by atoms with van der Waals surface area (Å²) < 4.78 is 10.6. The molecule has 6 nitrogen and oxygen atoms in total. The maximum Gasteiger partial charge on any atom is 0.330 e. The van der Waals surface area contributed by atoms with Gasteiger partial charge in [-0.1, -0.05) is 56.1 Å². The zero-order valence-electron chi connectivity index (χ0n) is 16.4. The fourth-order valence-corrected chi connectivity index (χ4v) is 2.44. The lowest BCUT2D eigenvalue weighted by Gasteiger charge is -1.97. The largest absolute Gasteiger partial charge is 0.466 e. The zero-order valence-corrected chi connectivity index (χ0v) is 16.4. The van der Waals surface area contributed by atoms with E-state index in [1.165, 1.54) is 28.9 Å². The minimum absolute atomic E-state index is 0.0465. The Morgan fingerprint density at radius 1 is 0.931 bits per heavy atom. The molecule has 0 aliphatic carbocycles. The molecule has 1 heterocycles. The number of para-hydroxylation sites is 2. The highest BCUT2D eigenvalue weighted by molar-refractivity contribution is 6.09. The molecule has 3 aromatic rings. The number of rotatable bonds is 5. The number of fused-ring (bicyclic) bond motifs is 3. The number of nitrogens with zero attached hydrogens (tertiary/aromatic N) is 1. The highest BCUT2D eigenvalue weighted by atomic mass is 16.5. The number of ether oxygens (including phenoxy) is 2. The van der Waals surface area contributed by atoms with Gasteiger partial charge in [0, 0.05) is 29.1 Å². The molecule has 0 saturated carbocycles. The van der Waals surface area contributed by atoms with E-state index in [0.717, 1.165) is 12.2 Å². The second kappa shape index (κ2) is 12.7. The molecule has 0 aliphatic heterocycles. The summed E-state index contributed by atoms with van der Waals surface area (Å²) in [4.78, 5) is 20.0. The summed E-state index contributed by atoms with van der Waals surface area (Å²) in [5.41, 5.74) is 2.43. The van der Waals surface area contributed by atoms with Crippen molar-refractivity contribution in [2.24, 2.45) is 0 Å². The van der Waals surface area contributed by atoms with E-state index >= 15 is 0 Å². The van der Waals surface area contributed by atoms with Crippen LogP contribution >= 0.6 is 0 Å². The minimum atomic E-state index is -0.501. The number of aliphatic hydroxyl groups excluding tert-OH is 1. The van der Waals surface area contributed by atoms with Gasteiger partial charge >= 0.3 is 11.9 Å². The van der Waals surface area contributed by atoms with Gasteiger partial charge in [0.25, 0.3) is 0 Å². The summed E-state index contributed by atoms with van der Waals surface area (Å²) in [6.45, 7) is 10.1. The lowest BCUT2D eigenvalue weighted by atomic mass is 10.2. The Kier molecular flexibility index (Phi) is 10.2. The molecule has 2 aromatic carbocycles. The first-order valence-electron chi connectivity index (χ1n) is 8.74. The molecule has 152 valence electrons. The highest BCUT2D eigenvalue weighted by Crippen LogP contribution is 2.28. The smallest absolute Gasteiger partial charge is 0.330 e. The van der Waals surface area contributed by atoms with Gasteiger partial charge in [0.1, 0.15) is 6.61 Å². The molecule has 0 unspecified atom stereocenters. The van der Waals surface area contributed by atoms with Crippen LogP contribution in [0.15, 0.2) is 80.4 Å². The normalized spacial score (nSPS) is 9.31. The summed E-state index contributed by atoms with van der Waals surface area (Å²) in [5, 5.41) is 10.7. The summed E-state index contributed by atoms with van der Waals surface area (Å²) >= 11 is 0.